The van der Waals surface area contributed by atoms with Crippen molar-refractivity contribution < 1.29 is 9.72 Å². The molecule has 0 saturated heterocycles. The van der Waals surface area contributed by atoms with Gasteiger partial charge in [0.25, 0.3) is 0 Å². The van der Waals surface area contributed by atoms with Crippen LogP contribution in [0.4, 0.5) is 5.82 Å². The van der Waals surface area contributed by atoms with Crippen LogP contribution in [0, 0.1) is 40.2 Å². The summed E-state index contributed by atoms with van der Waals surface area (Å²) in [4.78, 5) is 26.4. The average Bonchev–Trinajstić information content (AvgIpc) is 2.91. The lowest BCUT2D eigenvalue weighted by atomic mass is 9.49. The van der Waals surface area contributed by atoms with Gasteiger partial charge >= 0.3 is 5.82 Å². The summed E-state index contributed by atoms with van der Waals surface area (Å²) < 4.78 is 1.68. The van der Waals surface area contributed by atoms with E-state index in [2.05, 4.69) is 10.3 Å². The second-order valence-electron chi connectivity index (χ2n) is 8.54. The van der Waals surface area contributed by atoms with Crippen molar-refractivity contribution in [1.29, 1.82) is 0 Å². The first-order chi connectivity index (χ1) is 11.9. The summed E-state index contributed by atoms with van der Waals surface area (Å²) in [6.45, 7) is 2.96. The van der Waals surface area contributed by atoms with E-state index in [1.165, 1.54) is 44.7 Å². The largest absolute Gasteiger partial charge is 0.381 e. The van der Waals surface area contributed by atoms with Gasteiger partial charge in [-0.15, -0.1) is 0 Å². The third-order valence-electron chi connectivity index (χ3n) is 6.56. The molecule has 0 aliphatic heterocycles. The van der Waals surface area contributed by atoms with Crippen molar-refractivity contribution >= 4 is 11.7 Å². The molecule has 1 aromatic rings. The zero-order valence-electron chi connectivity index (χ0n) is 14.7. The predicted molar refractivity (Wildman–Crippen MR) is 91.9 cm³/mol. The number of hydrogen-bond acceptors (Lipinski definition) is 4. The van der Waals surface area contributed by atoms with Crippen LogP contribution in [-0.2, 0) is 11.3 Å². The number of nitrogens with zero attached hydrogens (tertiary/aromatic N) is 3. The Bertz CT molecular complexity index is 661. The second kappa shape index (κ2) is 6.11. The molecule has 0 unspecified atom stereocenters. The molecule has 1 amide bonds. The Morgan fingerprint density at radius 1 is 1.32 bits per heavy atom. The van der Waals surface area contributed by atoms with Gasteiger partial charge in [-0.1, -0.05) is 0 Å². The maximum atomic E-state index is 12.3. The number of carbonyl (C=O) groups excluding carboxylic acids is 1. The maximum absolute atomic E-state index is 12.3. The molecule has 4 aliphatic carbocycles. The van der Waals surface area contributed by atoms with Gasteiger partial charge in [0.05, 0.1) is 0 Å². The standard InChI is InChI=1S/C18H26N4O3/c1-12-20-16(22(24)25)10-21(12)3-2-17(23)19-11-18-7-13-4-14(8-18)6-15(5-13)9-18/h10,13-15H,2-9,11H2,1H3,(H,19,23). The Balaban J connectivity index is 1.29. The first kappa shape index (κ1) is 16.5. The number of rotatable bonds is 6. The highest BCUT2D eigenvalue weighted by Crippen LogP contribution is 2.59. The van der Waals surface area contributed by atoms with Crippen LogP contribution in [0.5, 0.6) is 0 Å². The lowest BCUT2D eigenvalue weighted by molar-refractivity contribution is -0.389. The van der Waals surface area contributed by atoms with E-state index in [9.17, 15) is 14.9 Å². The number of nitrogens with one attached hydrogen (secondary N) is 1. The fourth-order valence-corrected chi connectivity index (χ4v) is 5.91. The molecule has 0 spiro atoms. The minimum Gasteiger partial charge on any atom is -0.358 e. The van der Waals surface area contributed by atoms with Gasteiger partial charge in [-0.2, -0.15) is 0 Å². The highest BCUT2D eigenvalue weighted by atomic mass is 16.6. The van der Waals surface area contributed by atoms with Crippen LogP contribution in [0.25, 0.3) is 0 Å². The molecule has 4 fully saturated rings. The molecule has 7 heteroatoms. The molecule has 1 N–H and O–H groups in total. The van der Waals surface area contributed by atoms with Crippen LogP contribution in [0.2, 0.25) is 0 Å². The lowest BCUT2D eigenvalue weighted by Gasteiger charge is -2.56. The molecule has 4 aliphatic rings. The van der Waals surface area contributed by atoms with E-state index in [0.29, 0.717) is 24.2 Å². The van der Waals surface area contributed by atoms with Crippen molar-refractivity contribution in [2.24, 2.45) is 23.2 Å². The van der Waals surface area contributed by atoms with Gasteiger partial charge in [-0.3, -0.25) is 4.79 Å². The number of aromatic nitrogens is 2. The van der Waals surface area contributed by atoms with Gasteiger partial charge in [0.1, 0.15) is 6.20 Å². The Labute approximate surface area is 147 Å². The summed E-state index contributed by atoms with van der Waals surface area (Å²) in [5.41, 5.74) is 0.341. The first-order valence-electron chi connectivity index (χ1n) is 9.37. The quantitative estimate of drug-likeness (QED) is 0.633. The van der Waals surface area contributed by atoms with Crippen LogP contribution in [0.15, 0.2) is 6.20 Å². The normalized spacial score (nSPS) is 32.8. The van der Waals surface area contributed by atoms with E-state index in [-0.39, 0.29) is 11.7 Å². The SMILES string of the molecule is Cc1nc([N+](=O)[O-])cn1CCC(=O)NCC12CC3CC(CC(C3)C1)C2. The number of imidazole rings is 1. The zero-order chi connectivity index (χ0) is 17.6. The summed E-state index contributed by atoms with van der Waals surface area (Å²) in [6, 6.07) is 0. The van der Waals surface area contributed by atoms with E-state index in [1.807, 2.05) is 0 Å². The summed E-state index contributed by atoms with van der Waals surface area (Å²) in [6.07, 6.45) is 9.82. The van der Waals surface area contributed by atoms with E-state index >= 15 is 0 Å². The minimum atomic E-state index is -0.503. The van der Waals surface area contributed by atoms with Crippen LogP contribution in [-0.4, -0.2) is 26.9 Å². The van der Waals surface area contributed by atoms with Gasteiger partial charge in [-0.25, -0.2) is 0 Å². The van der Waals surface area contributed by atoms with Crippen molar-refractivity contribution in [1.82, 2.24) is 14.9 Å². The summed E-state index contributed by atoms with van der Waals surface area (Å²) >= 11 is 0. The third-order valence-corrected chi connectivity index (χ3v) is 6.56. The molecule has 1 heterocycles. The molecular formula is C18H26N4O3. The number of carbonyl (C=O) groups is 1. The molecule has 0 aromatic carbocycles. The van der Waals surface area contributed by atoms with Crippen LogP contribution in [0.1, 0.15) is 50.8 Å². The molecule has 0 radical (unpaired) electrons. The molecule has 4 saturated carbocycles. The summed E-state index contributed by atoms with van der Waals surface area (Å²) in [7, 11) is 0. The topological polar surface area (TPSA) is 90.1 Å². The second-order valence-corrected chi connectivity index (χ2v) is 8.54. The number of amides is 1. The molecule has 5 rings (SSSR count). The molecule has 136 valence electrons. The smallest absolute Gasteiger partial charge is 0.358 e. The zero-order valence-corrected chi connectivity index (χ0v) is 14.7. The predicted octanol–water partition coefficient (Wildman–Crippen LogP) is 2.82. The monoisotopic (exact) mass is 346 g/mol. The summed E-state index contributed by atoms with van der Waals surface area (Å²) in [5, 5.41) is 13.9. The van der Waals surface area contributed by atoms with Gasteiger partial charge < -0.3 is 20.0 Å². The number of nitro groups is 1. The van der Waals surface area contributed by atoms with E-state index in [1.54, 1.807) is 11.5 Å². The fourth-order valence-electron chi connectivity index (χ4n) is 5.91. The van der Waals surface area contributed by atoms with E-state index in [0.717, 1.165) is 24.3 Å². The number of aryl methyl sites for hydroxylation is 2. The molecule has 25 heavy (non-hydrogen) atoms. The molecule has 4 bridgehead atoms. The van der Waals surface area contributed by atoms with Crippen LogP contribution >= 0.6 is 0 Å². The van der Waals surface area contributed by atoms with Gasteiger partial charge in [0.15, 0.2) is 0 Å². The van der Waals surface area contributed by atoms with E-state index < -0.39 is 4.92 Å². The third kappa shape index (κ3) is 3.28. The molecular weight excluding hydrogens is 320 g/mol. The fraction of sp³-hybridized carbons (Fsp3) is 0.778. The molecule has 0 atom stereocenters. The van der Waals surface area contributed by atoms with Gasteiger partial charge in [0.2, 0.25) is 11.7 Å². The van der Waals surface area contributed by atoms with E-state index in [4.69, 9.17) is 0 Å². The van der Waals surface area contributed by atoms with Crippen molar-refractivity contribution in [2.75, 3.05) is 6.54 Å². The minimum absolute atomic E-state index is 0.0338. The van der Waals surface area contributed by atoms with Crippen molar-refractivity contribution in [3.63, 3.8) is 0 Å². The van der Waals surface area contributed by atoms with Crippen molar-refractivity contribution in [2.45, 2.75) is 58.4 Å². The Kier molecular flexibility index (Phi) is 4.04. The van der Waals surface area contributed by atoms with Crippen LogP contribution < -0.4 is 5.32 Å². The van der Waals surface area contributed by atoms with Crippen molar-refractivity contribution in [3.8, 4) is 0 Å². The van der Waals surface area contributed by atoms with Gasteiger partial charge in [0, 0.05) is 26.4 Å². The van der Waals surface area contributed by atoms with Crippen molar-refractivity contribution in [3.05, 3.63) is 22.1 Å². The number of hydrogen-bond donors (Lipinski definition) is 1. The average molecular weight is 346 g/mol. The Morgan fingerprint density at radius 2 is 1.92 bits per heavy atom. The Hall–Kier alpha value is -1.92. The molecule has 7 nitrogen and oxygen atoms in total. The highest BCUT2D eigenvalue weighted by Gasteiger charge is 2.50. The highest BCUT2D eigenvalue weighted by molar-refractivity contribution is 5.75. The summed E-state index contributed by atoms with van der Waals surface area (Å²) in [5.74, 6) is 3.10. The first-order valence-corrected chi connectivity index (χ1v) is 9.37. The molecule has 1 aromatic heterocycles. The van der Waals surface area contributed by atoms with Gasteiger partial charge in [-0.05, 0) is 71.6 Å². The Morgan fingerprint density at radius 3 is 2.44 bits per heavy atom. The van der Waals surface area contributed by atoms with Crippen LogP contribution in [0.3, 0.4) is 0 Å². The lowest BCUT2D eigenvalue weighted by Crippen LogP contribution is -2.51. The maximum Gasteiger partial charge on any atom is 0.381 e.